The molecule has 214 valence electrons. The topological polar surface area (TPSA) is 54.5 Å². The minimum atomic E-state index is -6.34. The first-order valence-corrected chi connectivity index (χ1v) is 13.5. The summed E-state index contributed by atoms with van der Waals surface area (Å²) in [7, 11) is -4.51. The van der Waals surface area contributed by atoms with Crippen LogP contribution in [-0.2, 0) is 31.5 Å². The van der Waals surface area contributed by atoms with E-state index in [1.54, 1.807) is 20.8 Å². The smallest absolute Gasteiger partial charge is 0.337 e. The Kier molecular flexibility index (Phi) is 6.69. The summed E-state index contributed by atoms with van der Waals surface area (Å²) in [6.45, 7) is 4.83. The number of halogens is 8. The molecule has 2 aromatic carbocycles. The zero-order chi connectivity index (χ0) is 29.4. The van der Waals surface area contributed by atoms with Crippen LogP contribution in [-0.4, -0.2) is 44.2 Å². The summed E-state index contributed by atoms with van der Waals surface area (Å²) >= 11 is 0. The Bertz CT molecular complexity index is 1380. The minimum Gasteiger partial charge on any atom is -0.337 e. The Balaban J connectivity index is 1.97. The third-order valence-electron chi connectivity index (χ3n) is 7.57. The zero-order valence-electron chi connectivity index (χ0n) is 21.1. The monoisotopic (exact) mass is 583 g/mol. The number of aryl methyl sites for hydroxylation is 1. The van der Waals surface area contributed by atoms with E-state index in [9.17, 15) is 48.3 Å². The first-order chi connectivity index (χ1) is 17.7. The van der Waals surface area contributed by atoms with E-state index in [0.717, 1.165) is 30.3 Å². The Labute approximate surface area is 219 Å². The number of rotatable bonds is 3. The molecule has 39 heavy (non-hydrogen) atoms. The highest BCUT2D eigenvalue weighted by Crippen LogP contribution is 2.57. The molecule has 2 aromatic rings. The normalized spacial score (nSPS) is 22.4. The molecule has 1 saturated heterocycles. The number of carbonyl (C=O) groups is 1. The molecule has 0 aromatic heterocycles. The lowest BCUT2D eigenvalue weighted by Gasteiger charge is -2.44. The number of carbonyl (C=O) groups excluding carboxylic acids is 1. The maximum atomic E-state index is 14.9. The third kappa shape index (κ3) is 4.22. The third-order valence-corrected chi connectivity index (χ3v) is 10.1. The van der Waals surface area contributed by atoms with Crippen LogP contribution in [0.5, 0.6) is 0 Å². The van der Waals surface area contributed by atoms with E-state index in [1.165, 1.54) is 4.90 Å². The van der Waals surface area contributed by atoms with Gasteiger partial charge in [0, 0.05) is 17.5 Å². The summed E-state index contributed by atoms with van der Waals surface area (Å²) in [5.41, 5.74) is -8.63. The van der Waals surface area contributed by atoms with Crippen molar-refractivity contribution < 1.29 is 48.3 Å². The number of sulfone groups is 1. The first kappa shape index (κ1) is 29.3. The summed E-state index contributed by atoms with van der Waals surface area (Å²) in [4.78, 5) is 14.3. The predicted octanol–water partition coefficient (Wildman–Crippen LogP) is 6.38. The van der Waals surface area contributed by atoms with Crippen LogP contribution in [0, 0.1) is 11.2 Å². The van der Waals surface area contributed by atoms with Crippen molar-refractivity contribution in [2.75, 3.05) is 6.54 Å². The van der Waals surface area contributed by atoms with Crippen molar-refractivity contribution in [1.29, 1.82) is 0 Å². The second-order valence-corrected chi connectivity index (χ2v) is 13.1. The summed E-state index contributed by atoms with van der Waals surface area (Å²) in [5, 5.41) is 0. The number of alkyl halides is 7. The fraction of sp³-hybridized carbons (Fsp3) is 0.500. The van der Waals surface area contributed by atoms with Crippen LogP contribution in [0.3, 0.4) is 0 Å². The van der Waals surface area contributed by atoms with E-state index >= 15 is 0 Å². The van der Waals surface area contributed by atoms with E-state index < -0.39 is 55.4 Å². The Morgan fingerprint density at radius 3 is 2.00 bits per heavy atom. The number of benzene rings is 2. The average molecular weight is 584 g/mol. The highest BCUT2D eigenvalue weighted by Gasteiger charge is 2.74. The van der Waals surface area contributed by atoms with Gasteiger partial charge < -0.3 is 4.90 Å². The Morgan fingerprint density at radius 1 is 0.923 bits per heavy atom. The van der Waals surface area contributed by atoms with Gasteiger partial charge >= 0.3 is 18.0 Å². The molecule has 0 unspecified atom stereocenters. The van der Waals surface area contributed by atoms with Gasteiger partial charge in [0.25, 0.3) is 0 Å². The van der Waals surface area contributed by atoms with Crippen LogP contribution in [0.15, 0.2) is 47.4 Å². The van der Waals surface area contributed by atoms with Crippen molar-refractivity contribution in [1.82, 2.24) is 4.90 Å². The molecule has 4 nitrogen and oxygen atoms in total. The quantitative estimate of drug-likeness (QED) is 0.312. The molecule has 0 radical (unpaired) electrons. The van der Waals surface area contributed by atoms with Gasteiger partial charge in [-0.3, -0.25) is 4.79 Å². The maximum Gasteiger partial charge on any atom is 0.435 e. The van der Waals surface area contributed by atoms with Gasteiger partial charge in [-0.15, -0.1) is 0 Å². The summed E-state index contributed by atoms with van der Waals surface area (Å²) in [6, 6.07) is 4.32. The van der Waals surface area contributed by atoms with Gasteiger partial charge in [0.1, 0.15) is 10.6 Å². The van der Waals surface area contributed by atoms with Crippen molar-refractivity contribution in [2.24, 2.45) is 5.41 Å². The van der Waals surface area contributed by atoms with Crippen molar-refractivity contribution in [3.05, 3.63) is 65.0 Å². The van der Waals surface area contributed by atoms with E-state index in [0.29, 0.717) is 12.1 Å². The fourth-order valence-corrected chi connectivity index (χ4v) is 8.09. The maximum absolute atomic E-state index is 14.9. The number of hydrogen-bond donors (Lipinski definition) is 0. The van der Waals surface area contributed by atoms with E-state index in [1.807, 2.05) is 0 Å². The molecule has 0 N–H and O–H groups in total. The number of hydrogen-bond acceptors (Lipinski definition) is 3. The van der Waals surface area contributed by atoms with E-state index in [4.69, 9.17) is 0 Å². The van der Waals surface area contributed by atoms with Gasteiger partial charge in [-0.05, 0) is 54.7 Å². The molecule has 2 aliphatic rings. The average Bonchev–Trinajstić information content (AvgIpc) is 3.22. The van der Waals surface area contributed by atoms with Gasteiger partial charge in [0.15, 0.2) is 9.84 Å². The molecule has 4 rings (SSSR count). The van der Waals surface area contributed by atoms with Gasteiger partial charge in [-0.1, -0.05) is 39.0 Å². The molecule has 1 fully saturated rings. The number of nitrogens with zero attached hydrogens (tertiary/aromatic N) is 1. The van der Waals surface area contributed by atoms with Crippen molar-refractivity contribution in [3.63, 3.8) is 0 Å². The fourth-order valence-electron chi connectivity index (χ4n) is 5.73. The highest BCUT2D eigenvalue weighted by atomic mass is 32.2. The Hall–Kier alpha value is -2.70. The van der Waals surface area contributed by atoms with Crippen LogP contribution in [0.25, 0.3) is 0 Å². The van der Waals surface area contributed by atoms with Crippen molar-refractivity contribution in [2.45, 2.75) is 73.7 Å². The van der Waals surface area contributed by atoms with Crippen LogP contribution < -0.4 is 0 Å². The molecule has 1 heterocycles. The molecular formula is C26H25F8NO3S. The van der Waals surface area contributed by atoms with Crippen molar-refractivity contribution in [3.8, 4) is 0 Å². The van der Waals surface area contributed by atoms with Crippen LogP contribution in [0.4, 0.5) is 35.1 Å². The Morgan fingerprint density at radius 2 is 1.49 bits per heavy atom. The number of fused-ring (bicyclic) bond motifs is 3. The molecule has 1 aliphatic heterocycles. The molecule has 0 saturated carbocycles. The summed E-state index contributed by atoms with van der Waals surface area (Å²) in [6.07, 6.45) is -13.2. The predicted molar refractivity (Wildman–Crippen MR) is 124 cm³/mol. The SMILES string of the molecule is CC(C)(C)C(=O)N1CC[C@@]2(S(=O)(=O)c3ccc(F)cc3)c3ccc(C(F)(C(F)(F)F)C(F)(F)F)cc3CC[C@@H]12. The number of likely N-dealkylation sites (tertiary alicyclic amines) is 1. The number of amides is 1. The molecule has 0 bridgehead atoms. The van der Waals surface area contributed by atoms with Gasteiger partial charge in [0.2, 0.25) is 5.91 Å². The van der Waals surface area contributed by atoms with Gasteiger partial charge in [-0.2, -0.15) is 26.3 Å². The van der Waals surface area contributed by atoms with Crippen LogP contribution in [0.1, 0.15) is 50.3 Å². The lowest BCUT2D eigenvalue weighted by molar-refractivity contribution is -0.348. The first-order valence-electron chi connectivity index (χ1n) is 12.0. The molecule has 1 amide bonds. The molecular weight excluding hydrogens is 558 g/mol. The minimum absolute atomic E-state index is 0.0550. The molecule has 0 spiro atoms. The summed E-state index contributed by atoms with van der Waals surface area (Å²) in [5.74, 6) is -1.12. The molecule has 13 heteroatoms. The molecule has 1 aliphatic carbocycles. The lowest BCUT2D eigenvalue weighted by atomic mass is 9.76. The lowest BCUT2D eigenvalue weighted by Crippen LogP contribution is -2.54. The van der Waals surface area contributed by atoms with E-state index in [-0.39, 0.29) is 47.7 Å². The summed E-state index contributed by atoms with van der Waals surface area (Å²) < 4.78 is 135. The van der Waals surface area contributed by atoms with Gasteiger partial charge in [-0.25, -0.2) is 17.2 Å². The largest absolute Gasteiger partial charge is 0.435 e. The standard InChI is InChI=1S/C26H25F8NO3S/c1-22(2,3)21(36)35-13-12-23(39(37,38)18-8-6-17(27)7-9-18)19-10-5-16(14-15(19)4-11-20(23)35)24(28,25(29,30)31)26(32,33)34/h5-10,14,20H,4,11-13H2,1-3H3/t20-,23-/m1/s1. The highest BCUT2D eigenvalue weighted by molar-refractivity contribution is 7.92. The van der Waals surface area contributed by atoms with Crippen LogP contribution in [0.2, 0.25) is 0 Å². The second kappa shape index (κ2) is 8.90. The van der Waals surface area contributed by atoms with E-state index in [2.05, 4.69) is 0 Å². The zero-order valence-corrected chi connectivity index (χ0v) is 21.9. The molecule has 2 atom stereocenters. The second-order valence-electron chi connectivity index (χ2n) is 10.9. The van der Waals surface area contributed by atoms with Crippen LogP contribution >= 0.6 is 0 Å². The van der Waals surface area contributed by atoms with Crippen molar-refractivity contribution >= 4 is 15.7 Å². The van der Waals surface area contributed by atoms with Gasteiger partial charge in [0.05, 0.1) is 10.9 Å².